The van der Waals surface area contributed by atoms with Crippen molar-refractivity contribution >= 4 is 38.6 Å². The quantitative estimate of drug-likeness (QED) is 0.712. The van der Waals surface area contributed by atoms with Crippen molar-refractivity contribution in [3.63, 3.8) is 0 Å². The number of ether oxygens (including phenoxy) is 2. The van der Waals surface area contributed by atoms with E-state index in [-0.39, 0.29) is 18.5 Å². The number of Topliss-reactive ketones (excluding diaryl/α,β-unsaturated/α-hetero) is 1. The van der Waals surface area contributed by atoms with Crippen LogP contribution in [0, 0.1) is 0 Å². The molecule has 29 heavy (non-hydrogen) atoms. The molecule has 0 radical (unpaired) electrons. The van der Waals surface area contributed by atoms with Crippen LogP contribution in [0.15, 0.2) is 27.5 Å². The van der Waals surface area contributed by atoms with E-state index in [9.17, 15) is 14.4 Å². The molecule has 1 aliphatic rings. The highest BCUT2D eigenvalue weighted by molar-refractivity contribution is 9.10. The van der Waals surface area contributed by atoms with E-state index in [1.165, 1.54) is 4.90 Å². The van der Waals surface area contributed by atoms with Gasteiger partial charge in [-0.3, -0.25) is 9.59 Å². The predicted molar refractivity (Wildman–Crippen MR) is 108 cm³/mol. The largest absolute Gasteiger partial charge is 0.469 e. The normalized spacial score (nSPS) is 14.6. The third-order valence-electron chi connectivity index (χ3n) is 4.17. The monoisotopic (exact) mass is 467 g/mol. The molecule has 1 aromatic heterocycles. The van der Waals surface area contributed by atoms with Gasteiger partial charge < -0.3 is 19.5 Å². The van der Waals surface area contributed by atoms with Crippen LogP contribution in [0.2, 0.25) is 0 Å². The first-order valence-corrected chi connectivity index (χ1v) is 9.84. The summed E-state index contributed by atoms with van der Waals surface area (Å²) in [5.74, 6) is -0.359. The first-order valence-electron chi connectivity index (χ1n) is 9.05. The Morgan fingerprint density at radius 3 is 2.59 bits per heavy atom. The maximum Gasteiger partial charge on any atom is 0.410 e. The van der Waals surface area contributed by atoms with Gasteiger partial charge in [0.15, 0.2) is 5.78 Å². The number of benzene rings is 1. The Balaban J connectivity index is 1.83. The fourth-order valence-electron chi connectivity index (χ4n) is 2.79. The van der Waals surface area contributed by atoms with E-state index in [1.807, 2.05) is 0 Å². The maximum atomic E-state index is 12.6. The van der Waals surface area contributed by atoms with E-state index in [4.69, 9.17) is 14.6 Å². The molecular formula is C19H22BrN3O6. The third kappa shape index (κ3) is 4.94. The molecule has 3 rings (SSSR count). The molecule has 0 aliphatic carbocycles. The first-order chi connectivity index (χ1) is 13.6. The zero-order chi connectivity index (χ0) is 21.3. The molecule has 1 N–H and O–H groups in total. The summed E-state index contributed by atoms with van der Waals surface area (Å²) in [5.41, 5.74) is -1.03. The van der Waals surface area contributed by atoms with Gasteiger partial charge in [0.1, 0.15) is 24.9 Å². The lowest BCUT2D eigenvalue weighted by Gasteiger charge is -2.39. The van der Waals surface area contributed by atoms with Gasteiger partial charge in [-0.2, -0.15) is 0 Å². The van der Waals surface area contributed by atoms with Gasteiger partial charge in [-0.15, -0.1) is 5.10 Å². The highest BCUT2D eigenvalue weighted by atomic mass is 79.9. The van der Waals surface area contributed by atoms with Crippen LogP contribution in [0.25, 0.3) is 10.8 Å². The summed E-state index contributed by atoms with van der Waals surface area (Å²) in [5, 5.41) is 14.0. The number of aromatic nitrogens is 2. The van der Waals surface area contributed by atoms with Crippen LogP contribution in [0.5, 0.6) is 5.88 Å². The van der Waals surface area contributed by atoms with Gasteiger partial charge in [-0.1, -0.05) is 15.9 Å². The Kier molecular flexibility index (Phi) is 5.95. The summed E-state index contributed by atoms with van der Waals surface area (Å²) >= 11 is 3.37. The van der Waals surface area contributed by atoms with Gasteiger partial charge in [0.05, 0.1) is 23.9 Å². The van der Waals surface area contributed by atoms with E-state index >= 15 is 0 Å². The maximum absolute atomic E-state index is 12.6. The molecule has 1 aromatic carbocycles. The fraction of sp³-hybridized carbons (Fsp3) is 0.474. The van der Waals surface area contributed by atoms with Gasteiger partial charge in [-0.05, 0) is 39.0 Å². The van der Waals surface area contributed by atoms with Crippen molar-refractivity contribution in [2.24, 2.45) is 0 Å². The van der Waals surface area contributed by atoms with Gasteiger partial charge in [0.2, 0.25) is 5.88 Å². The minimum absolute atomic E-state index is 0.181. The molecule has 0 saturated carbocycles. The van der Waals surface area contributed by atoms with Crippen LogP contribution in [0.4, 0.5) is 4.79 Å². The average molecular weight is 468 g/mol. The van der Waals surface area contributed by atoms with E-state index < -0.39 is 29.6 Å². The van der Waals surface area contributed by atoms with E-state index in [0.29, 0.717) is 23.9 Å². The number of aliphatic hydroxyl groups is 1. The molecule has 156 valence electrons. The van der Waals surface area contributed by atoms with Crippen molar-refractivity contribution in [3.8, 4) is 5.88 Å². The number of fused-ring (bicyclic) bond motifs is 1. The molecule has 1 fully saturated rings. The number of aliphatic hydroxyl groups excluding tert-OH is 1. The van der Waals surface area contributed by atoms with E-state index in [0.717, 1.165) is 9.15 Å². The molecule has 0 atom stereocenters. The smallest absolute Gasteiger partial charge is 0.410 e. The Labute approximate surface area is 175 Å². The number of nitrogens with zero attached hydrogens (tertiary/aromatic N) is 3. The molecule has 0 bridgehead atoms. The van der Waals surface area contributed by atoms with Crippen molar-refractivity contribution < 1.29 is 24.2 Å². The highest BCUT2D eigenvalue weighted by Gasteiger charge is 2.36. The minimum Gasteiger partial charge on any atom is -0.469 e. The molecule has 2 aromatic rings. The van der Waals surface area contributed by atoms with Crippen LogP contribution in [0.3, 0.4) is 0 Å². The Bertz CT molecular complexity index is 1010. The number of carbonyl (C=O) groups is 2. The van der Waals surface area contributed by atoms with Crippen LogP contribution >= 0.6 is 15.9 Å². The van der Waals surface area contributed by atoms with Crippen LogP contribution in [-0.2, 0) is 16.1 Å². The first kappa shape index (κ1) is 21.3. The van der Waals surface area contributed by atoms with Crippen molar-refractivity contribution in [3.05, 3.63) is 33.0 Å². The second-order valence-corrected chi connectivity index (χ2v) is 8.70. The second-order valence-electron chi connectivity index (χ2n) is 7.78. The molecule has 2 heterocycles. The van der Waals surface area contributed by atoms with Crippen molar-refractivity contribution in [2.75, 3.05) is 19.7 Å². The third-order valence-corrected chi connectivity index (χ3v) is 4.66. The molecule has 1 aliphatic heterocycles. The number of carbonyl (C=O) groups excluding carboxylic acids is 2. The molecule has 9 nitrogen and oxygen atoms in total. The summed E-state index contributed by atoms with van der Waals surface area (Å²) < 4.78 is 13.0. The number of halogens is 1. The zero-order valence-corrected chi connectivity index (χ0v) is 17.9. The van der Waals surface area contributed by atoms with E-state index in [1.54, 1.807) is 39.0 Å². The lowest BCUT2D eigenvalue weighted by molar-refractivity contribution is -0.122. The standard InChI is InChI=1S/C19H22BrN3O6/c1-19(2,3)29-18(27)22-8-13(9-22)28-16-15-6-11(20)4-5-14(15)17(26)23(21-16)7-12(25)10-24/h4-6,13,24H,7-10H2,1-3H3. The van der Waals surface area contributed by atoms with E-state index in [2.05, 4.69) is 21.0 Å². The lowest BCUT2D eigenvalue weighted by atomic mass is 10.1. The number of likely N-dealkylation sites (tertiary alicyclic amines) is 1. The molecule has 0 unspecified atom stereocenters. The number of hydrogen-bond acceptors (Lipinski definition) is 7. The van der Waals surface area contributed by atoms with Crippen molar-refractivity contribution in [1.82, 2.24) is 14.7 Å². The predicted octanol–water partition coefficient (Wildman–Crippen LogP) is 1.72. The molecule has 0 spiro atoms. The number of amides is 1. The highest BCUT2D eigenvalue weighted by Crippen LogP contribution is 2.27. The molecule has 1 saturated heterocycles. The van der Waals surface area contributed by atoms with Crippen molar-refractivity contribution in [2.45, 2.75) is 39.0 Å². The van der Waals surface area contributed by atoms with Crippen LogP contribution < -0.4 is 10.3 Å². The number of ketones is 1. The zero-order valence-electron chi connectivity index (χ0n) is 16.3. The Hall–Kier alpha value is -2.46. The summed E-state index contributed by atoms with van der Waals surface area (Å²) in [7, 11) is 0. The van der Waals surface area contributed by atoms with Crippen LogP contribution in [-0.4, -0.2) is 63.1 Å². The topological polar surface area (TPSA) is 111 Å². The summed E-state index contributed by atoms with van der Waals surface area (Å²) in [6.45, 7) is 4.99. The molecule has 1 amide bonds. The summed E-state index contributed by atoms with van der Waals surface area (Å²) in [6, 6.07) is 5.03. The minimum atomic E-state index is -0.684. The number of hydrogen-bond donors (Lipinski definition) is 1. The molecular weight excluding hydrogens is 446 g/mol. The van der Waals surface area contributed by atoms with Gasteiger partial charge in [0.25, 0.3) is 5.56 Å². The van der Waals surface area contributed by atoms with Gasteiger partial charge in [-0.25, -0.2) is 9.48 Å². The van der Waals surface area contributed by atoms with Gasteiger partial charge >= 0.3 is 6.09 Å². The molecule has 10 heteroatoms. The van der Waals surface area contributed by atoms with Crippen molar-refractivity contribution in [1.29, 1.82) is 0 Å². The van der Waals surface area contributed by atoms with Crippen LogP contribution in [0.1, 0.15) is 20.8 Å². The lowest BCUT2D eigenvalue weighted by Crippen LogP contribution is -2.57. The second kappa shape index (κ2) is 8.11. The Morgan fingerprint density at radius 1 is 1.28 bits per heavy atom. The summed E-state index contributed by atoms with van der Waals surface area (Å²) in [6.07, 6.45) is -0.742. The SMILES string of the molecule is CC(C)(C)OC(=O)N1CC(Oc2nn(CC(=O)CO)c(=O)c3ccc(Br)cc23)C1. The average Bonchev–Trinajstić information content (AvgIpc) is 2.59. The Morgan fingerprint density at radius 2 is 1.97 bits per heavy atom. The summed E-state index contributed by atoms with van der Waals surface area (Å²) in [4.78, 5) is 37.8. The number of rotatable bonds is 5. The van der Waals surface area contributed by atoms with Gasteiger partial charge in [0, 0.05) is 4.47 Å². The fourth-order valence-corrected chi connectivity index (χ4v) is 3.15.